The topological polar surface area (TPSA) is 52.0 Å². The maximum absolute atomic E-state index is 5.57. The van der Waals surface area contributed by atoms with E-state index in [0.717, 1.165) is 0 Å². The molecule has 0 fully saturated rings. The molecule has 0 aromatic heterocycles. The van der Waals surface area contributed by atoms with Crippen LogP contribution in [0.1, 0.15) is 13.8 Å². The zero-order valence-corrected chi connectivity index (χ0v) is 8.31. The number of hydrogen-bond acceptors (Lipinski definition) is 2. The van der Waals surface area contributed by atoms with E-state index in [9.17, 15) is 0 Å². The third-order valence-corrected chi connectivity index (χ3v) is 4.83. The Morgan fingerprint density at radius 3 is 1.67 bits per heavy atom. The van der Waals surface area contributed by atoms with Gasteiger partial charge in [0.05, 0.1) is 0 Å². The fourth-order valence-electron chi connectivity index (χ4n) is 0.341. The molecule has 0 spiro atoms. The Bertz CT molecular complexity index is 56.1. The van der Waals surface area contributed by atoms with Crippen LogP contribution < -0.4 is 11.5 Å². The van der Waals surface area contributed by atoms with E-state index in [0.29, 0.717) is 12.1 Å². The van der Waals surface area contributed by atoms with Crippen LogP contribution in [0.15, 0.2) is 0 Å². The first-order valence-corrected chi connectivity index (χ1v) is 6.30. The van der Waals surface area contributed by atoms with Gasteiger partial charge >= 0.3 is 65.6 Å². The molecule has 4 N–H and O–H groups in total. The van der Waals surface area contributed by atoms with Crippen LogP contribution >= 0.6 is 0 Å². The van der Waals surface area contributed by atoms with E-state index in [1.54, 1.807) is 0 Å². The maximum atomic E-state index is 5.57. The molecule has 0 radical (unpaired) electrons. The van der Waals surface area contributed by atoms with Crippen molar-refractivity contribution in [1.29, 1.82) is 0 Å². The molecule has 0 amide bonds. The zero-order chi connectivity index (χ0) is 7.28. The molecule has 0 aromatic carbocycles. The summed E-state index contributed by atoms with van der Waals surface area (Å²) in [5.41, 5.74) is 11.1. The number of hydrogen-bond donors (Lipinski definition) is 2. The molecule has 9 heavy (non-hydrogen) atoms. The summed E-state index contributed by atoms with van der Waals surface area (Å²) in [6, 6.07) is 0.772. The minimum absolute atomic E-state index is 0.285. The van der Waals surface area contributed by atoms with Gasteiger partial charge in [-0.25, -0.2) is 0 Å². The Labute approximate surface area is 65.9 Å². The Kier molecular flexibility index (Phi) is 5.76. The third-order valence-electron chi connectivity index (χ3n) is 0.590. The summed E-state index contributed by atoms with van der Waals surface area (Å²) in [7, 11) is 0. The van der Waals surface area contributed by atoms with E-state index in [1.807, 2.05) is 0 Å². The molecule has 0 saturated heterocycles. The van der Waals surface area contributed by atoms with Gasteiger partial charge in [-0.1, -0.05) is 0 Å². The molecule has 60 valence electrons. The predicted molar refractivity (Wildman–Crippen MR) is 36.9 cm³/mol. The summed E-state index contributed by atoms with van der Waals surface area (Å²) in [5, 5.41) is 0. The average molecular weight is 311 g/mol. The second-order valence-corrected chi connectivity index (χ2v) is 5.36. The average Bonchev–Trinajstić information content (AvgIpc) is 1.63. The van der Waals surface area contributed by atoms with Crippen molar-refractivity contribution in [2.24, 2.45) is 11.5 Å². The summed E-state index contributed by atoms with van der Waals surface area (Å²) in [6.45, 7) is 4.11. The molecular weight excluding hydrogens is 295 g/mol. The Hall–Kier alpha value is 0.608. The molecule has 2 unspecified atom stereocenters. The van der Waals surface area contributed by atoms with Gasteiger partial charge in [-0.2, -0.15) is 0 Å². The molecule has 0 aliphatic carbocycles. The normalized spacial score (nSPS) is 17.8. The number of nitrogens with two attached hydrogens (primary N) is 2. The van der Waals surface area contributed by atoms with Crippen molar-refractivity contribution in [1.82, 2.24) is 0 Å². The van der Waals surface area contributed by atoms with E-state index >= 15 is 0 Å². The van der Waals surface area contributed by atoms with E-state index in [4.69, 9.17) is 11.5 Å². The van der Waals surface area contributed by atoms with E-state index < -0.39 is 0 Å². The van der Waals surface area contributed by atoms with Crippen LogP contribution in [0.25, 0.3) is 0 Å². The van der Waals surface area contributed by atoms with Crippen molar-refractivity contribution in [3.8, 4) is 0 Å². The Morgan fingerprint density at radius 1 is 1.11 bits per heavy atom. The van der Waals surface area contributed by atoms with Gasteiger partial charge in [0.2, 0.25) is 0 Å². The van der Waals surface area contributed by atoms with E-state index in [1.165, 1.54) is 9.62 Å². The molecule has 2 atom stereocenters. The molecule has 0 aliphatic rings. The van der Waals surface area contributed by atoms with Crippen molar-refractivity contribution in [3.63, 3.8) is 0 Å². The minimum atomic E-state index is 0.285. The van der Waals surface area contributed by atoms with E-state index in [2.05, 4.69) is 13.8 Å². The molecule has 2 nitrogen and oxygen atoms in total. The molecule has 3 heteroatoms. The van der Waals surface area contributed by atoms with Gasteiger partial charge in [0.15, 0.2) is 0 Å². The first-order valence-electron chi connectivity index (χ1n) is 3.09. The molecular formula is C6H16N2Pt. The van der Waals surface area contributed by atoms with Gasteiger partial charge in [-0.15, -0.1) is 0 Å². The van der Waals surface area contributed by atoms with Crippen molar-refractivity contribution >= 4 is 0 Å². The molecule has 0 rings (SSSR count). The first-order chi connectivity index (χ1) is 4.13. The fourth-order valence-corrected chi connectivity index (χ4v) is 2.79. The number of rotatable bonds is 4. The zero-order valence-electron chi connectivity index (χ0n) is 6.04. The second kappa shape index (κ2) is 5.40. The fraction of sp³-hybridized carbons (Fsp3) is 1.00. The van der Waals surface area contributed by atoms with E-state index in [-0.39, 0.29) is 18.6 Å². The quantitative estimate of drug-likeness (QED) is 0.799. The van der Waals surface area contributed by atoms with Gasteiger partial charge in [-0.05, 0) is 0 Å². The van der Waals surface area contributed by atoms with Gasteiger partial charge in [0, 0.05) is 0 Å². The molecule has 0 saturated carbocycles. The molecule has 0 heterocycles. The van der Waals surface area contributed by atoms with Crippen LogP contribution in [0.2, 0.25) is 9.62 Å². The van der Waals surface area contributed by atoms with Gasteiger partial charge in [0.1, 0.15) is 0 Å². The van der Waals surface area contributed by atoms with Crippen LogP contribution in [0.4, 0.5) is 0 Å². The van der Waals surface area contributed by atoms with Gasteiger partial charge in [0.25, 0.3) is 0 Å². The van der Waals surface area contributed by atoms with Crippen molar-refractivity contribution in [2.75, 3.05) is 0 Å². The van der Waals surface area contributed by atoms with Crippen LogP contribution in [0.3, 0.4) is 0 Å². The van der Waals surface area contributed by atoms with Crippen molar-refractivity contribution < 1.29 is 18.6 Å². The predicted octanol–water partition coefficient (Wildman–Crippen LogP) is 0.600. The monoisotopic (exact) mass is 311 g/mol. The molecule has 0 aromatic rings. The molecule has 0 bridgehead atoms. The first kappa shape index (κ1) is 9.61. The Morgan fingerprint density at radius 2 is 1.44 bits per heavy atom. The molecule has 0 aliphatic heterocycles. The van der Waals surface area contributed by atoms with Crippen molar-refractivity contribution in [2.45, 2.75) is 35.6 Å². The second-order valence-electron chi connectivity index (χ2n) is 2.37. The van der Waals surface area contributed by atoms with Crippen molar-refractivity contribution in [3.05, 3.63) is 0 Å². The van der Waals surface area contributed by atoms with Crippen LogP contribution in [0.5, 0.6) is 0 Å². The Balaban J connectivity index is 2.91. The third kappa shape index (κ3) is 8.61. The summed E-state index contributed by atoms with van der Waals surface area (Å²) in [4.78, 5) is 2.42. The van der Waals surface area contributed by atoms with Crippen LogP contribution in [0, 0.1) is 0 Å². The van der Waals surface area contributed by atoms with Gasteiger partial charge in [-0.3, -0.25) is 0 Å². The van der Waals surface area contributed by atoms with Crippen LogP contribution in [-0.2, 0) is 18.6 Å². The van der Waals surface area contributed by atoms with Crippen LogP contribution in [-0.4, -0.2) is 12.1 Å². The SMILES string of the molecule is CC(N)[CH2][Pt][CH2]C(C)N. The summed E-state index contributed by atoms with van der Waals surface area (Å²) in [5.74, 6) is 0. The van der Waals surface area contributed by atoms with Gasteiger partial charge < -0.3 is 0 Å². The summed E-state index contributed by atoms with van der Waals surface area (Å²) >= 11 is 0.285. The standard InChI is InChI=1S/2C3H8N.Pt/c2*1-3(2)4;/h2*3H,1,4H2,2H3;. The summed E-state index contributed by atoms with van der Waals surface area (Å²) in [6.07, 6.45) is 0. The summed E-state index contributed by atoms with van der Waals surface area (Å²) < 4.78 is 0.